The van der Waals surface area contributed by atoms with Gasteiger partial charge >= 0.3 is 0 Å². The number of hydrogen-bond acceptors (Lipinski definition) is 4. The summed E-state index contributed by atoms with van der Waals surface area (Å²) in [6.45, 7) is 1.95. The van der Waals surface area contributed by atoms with Crippen molar-refractivity contribution in [1.29, 1.82) is 5.26 Å². The van der Waals surface area contributed by atoms with Crippen molar-refractivity contribution in [3.8, 4) is 17.3 Å². The Kier molecular flexibility index (Phi) is 4.16. The van der Waals surface area contributed by atoms with Crippen LogP contribution in [0.25, 0.3) is 11.3 Å². The molecule has 1 aromatic heterocycles. The van der Waals surface area contributed by atoms with Gasteiger partial charge in [0.25, 0.3) is 10.1 Å². The molecule has 0 aliphatic heterocycles. The Balaban J connectivity index is 2.30. The average molecular weight is 304 g/mol. The Morgan fingerprint density at radius 2 is 1.90 bits per heavy atom. The fourth-order valence-corrected chi connectivity index (χ4v) is 2.45. The van der Waals surface area contributed by atoms with E-state index in [4.69, 9.17) is 4.18 Å². The molecule has 21 heavy (non-hydrogen) atoms. The van der Waals surface area contributed by atoms with Crippen molar-refractivity contribution < 1.29 is 12.6 Å². The first-order valence-electron chi connectivity index (χ1n) is 6.32. The highest BCUT2D eigenvalue weighted by Crippen LogP contribution is 2.26. The summed E-state index contributed by atoms with van der Waals surface area (Å²) in [5.74, 6) is 0. The van der Waals surface area contributed by atoms with Crippen molar-refractivity contribution in [3.63, 3.8) is 0 Å². The van der Waals surface area contributed by atoms with Gasteiger partial charge in [0, 0.05) is 12.7 Å². The van der Waals surface area contributed by atoms with Gasteiger partial charge in [-0.2, -0.15) is 13.7 Å². The topological polar surface area (TPSA) is 72.1 Å². The van der Waals surface area contributed by atoms with E-state index in [9.17, 15) is 13.7 Å². The van der Waals surface area contributed by atoms with E-state index < -0.39 is 10.1 Å². The van der Waals surface area contributed by atoms with E-state index >= 15 is 0 Å². The molecule has 0 fully saturated rings. The largest absolute Gasteiger partial charge is 0.347 e. The minimum absolute atomic E-state index is 0.0103. The molecular weight excluding hydrogens is 288 g/mol. The SMILES string of the molecule is Cc1cc(C#N)c(-c2ccc(COS(C)(=O)=O)cc2)n1C. The highest BCUT2D eigenvalue weighted by atomic mass is 32.2. The lowest BCUT2D eigenvalue weighted by Gasteiger charge is -2.07. The molecule has 5 nitrogen and oxygen atoms in total. The Morgan fingerprint density at radius 1 is 1.29 bits per heavy atom. The van der Waals surface area contributed by atoms with Crippen molar-refractivity contribution in [2.45, 2.75) is 13.5 Å². The van der Waals surface area contributed by atoms with Crippen molar-refractivity contribution in [1.82, 2.24) is 4.57 Å². The number of benzene rings is 1. The number of nitriles is 1. The Hall–Kier alpha value is -2.10. The van der Waals surface area contributed by atoms with Crippen LogP contribution in [-0.4, -0.2) is 19.2 Å². The molecule has 1 aromatic carbocycles. The van der Waals surface area contributed by atoms with Crippen molar-refractivity contribution in [2.24, 2.45) is 7.05 Å². The lowest BCUT2D eigenvalue weighted by atomic mass is 10.1. The monoisotopic (exact) mass is 304 g/mol. The average Bonchev–Trinajstić information content (AvgIpc) is 2.72. The van der Waals surface area contributed by atoms with Crippen LogP contribution in [0.2, 0.25) is 0 Å². The van der Waals surface area contributed by atoms with Gasteiger partial charge in [0.2, 0.25) is 0 Å². The first kappa shape index (κ1) is 15.3. The predicted molar refractivity (Wildman–Crippen MR) is 79.9 cm³/mol. The molecule has 0 saturated heterocycles. The minimum atomic E-state index is -3.45. The molecule has 0 bridgehead atoms. The predicted octanol–water partition coefficient (Wildman–Crippen LogP) is 2.35. The maximum Gasteiger partial charge on any atom is 0.264 e. The van der Waals surface area contributed by atoms with Crippen LogP contribution in [0.3, 0.4) is 0 Å². The van der Waals surface area contributed by atoms with Crippen molar-refractivity contribution in [3.05, 3.63) is 47.2 Å². The number of aryl methyl sites for hydroxylation is 1. The van der Waals surface area contributed by atoms with Gasteiger partial charge in [-0.25, -0.2) is 0 Å². The number of rotatable bonds is 4. The van der Waals surface area contributed by atoms with Gasteiger partial charge < -0.3 is 4.57 Å². The number of nitrogens with zero attached hydrogens (tertiary/aromatic N) is 2. The van der Waals surface area contributed by atoms with Crippen LogP contribution in [0.4, 0.5) is 0 Å². The lowest BCUT2D eigenvalue weighted by Crippen LogP contribution is -2.02. The number of hydrogen-bond donors (Lipinski definition) is 0. The van der Waals surface area contributed by atoms with Crippen molar-refractivity contribution in [2.75, 3.05) is 6.26 Å². The van der Waals surface area contributed by atoms with E-state index in [1.807, 2.05) is 36.7 Å². The van der Waals surface area contributed by atoms with E-state index in [1.54, 1.807) is 12.1 Å². The van der Waals surface area contributed by atoms with Crippen molar-refractivity contribution >= 4 is 10.1 Å². The van der Waals surface area contributed by atoms with Gasteiger partial charge in [0.1, 0.15) is 6.07 Å². The Morgan fingerprint density at radius 3 is 2.43 bits per heavy atom. The molecule has 0 aliphatic rings. The Labute approximate surface area is 124 Å². The van der Waals surface area contributed by atoms with E-state index in [0.29, 0.717) is 5.56 Å². The van der Waals surface area contributed by atoms with Gasteiger partial charge in [-0.05, 0) is 24.1 Å². The summed E-state index contributed by atoms with van der Waals surface area (Å²) in [5, 5.41) is 9.20. The molecule has 0 saturated carbocycles. The first-order chi connectivity index (χ1) is 9.81. The van der Waals surface area contributed by atoms with E-state index in [0.717, 1.165) is 28.8 Å². The van der Waals surface area contributed by atoms with Crippen LogP contribution >= 0.6 is 0 Å². The molecule has 0 aliphatic carbocycles. The molecule has 0 unspecified atom stereocenters. The molecule has 110 valence electrons. The third kappa shape index (κ3) is 3.51. The summed E-state index contributed by atoms with van der Waals surface area (Å²) >= 11 is 0. The molecule has 2 rings (SSSR count). The van der Waals surface area contributed by atoms with E-state index in [1.165, 1.54) is 0 Å². The van der Waals surface area contributed by atoms with Gasteiger partial charge in [-0.1, -0.05) is 24.3 Å². The summed E-state index contributed by atoms with van der Waals surface area (Å²) in [7, 11) is -1.54. The highest BCUT2D eigenvalue weighted by Gasteiger charge is 2.12. The fourth-order valence-electron chi connectivity index (χ4n) is 2.10. The summed E-state index contributed by atoms with van der Waals surface area (Å²) in [6, 6.07) is 11.3. The molecule has 0 spiro atoms. The second-order valence-electron chi connectivity index (χ2n) is 4.88. The summed E-state index contributed by atoms with van der Waals surface area (Å²) < 4.78 is 28.6. The zero-order valence-electron chi connectivity index (χ0n) is 12.1. The molecule has 0 amide bonds. The fraction of sp³-hybridized carbons (Fsp3) is 0.267. The third-order valence-electron chi connectivity index (χ3n) is 3.26. The van der Waals surface area contributed by atoms with Gasteiger partial charge in [-0.15, -0.1) is 0 Å². The van der Waals surface area contributed by atoms with Crippen LogP contribution in [0.1, 0.15) is 16.8 Å². The second kappa shape index (κ2) is 5.72. The third-order valence-corrected chi connectivity index (χ3v) is 3.81. The standard InChI is InChI=1S/C15H16N2O3S/c1-11-8-14(9-16)15(17(11)2)13-6-4-12(5-7-13)10-20-21(3,18)19/h4-8H,10H2,1-3H3. The zero-order chi connectivity index (χ0) is 15.6. The van der Waals surface area contributed by atoms with E-state index in [2.05, 4.69) is 6.07 Å². The second-order valence-corrected chi connectivity index (χ2v) is 6.53. The smallest absolute Gasteiger partial charge is 0.264 e. The van der Waals surface area contributed by atoms with Crippen LogP contribution in [-0.2, 0) is 28.0 Å². The molecule has 6 heteroatoms. The summed E-state index contributed by atoms with van der Waals surface area (Å²) in [4.78, 5) is 0. The van der Waals surface area contributed by atoms with Crippen LogP contribution < -0.4 is 0 Å². The first-order valence-corrected chi connectivity index (χ1v) is 8.13. The van der Waals surface area contributed by atoms with Crippen LogP contribution in [0.5, 0.6) is 0 Å². The summed E-state index contributed by atoms with van der Waals surface area (Å²) in [6.07, 6.45) is 1.02. The van der Waals surface area contributed by atoms with Crippen LogP contribution in [0.15, 0.2) is 30.3 Å². The molecule has 0 radical (unpaired) electrons. The Bertz CT molecular complexity index is 797. The highest BCUT2D eigenvalue weighted by molar-refractivity contribution is 7.85. The van der Waals surface area contributed by atoms with E-state index in [-0.39, 0.29) is 6.61 Å². The molecule has 0 atom stereocenters. The van der Waals surface area contributed by atoms with Crippen LogP contribution in [0, 0.1) is 18.3 Å². The maximum atomic E-state index is 11.0. The van der Waals surface area contributed by atoms with Gasteiger partial charge in [-0.3, -0.25) is 4.18 Å². The molecule has 0 N–H and O–H groups in total. The minimum Gasteiger partial charge on any atom is -0.347 e. The molecular formula is C15H16N2O3S. The summed E-state index contributed by atoms with van der Waals surface area (Å²) in [5.41, 5.74) is 4.14. The lowest BCUT2D eigenvalue weighted by molar-refractivity contribution is 0.312. The molecule has 2 aromatic rings. The maximum absolute atomic E-state index is 11.0. The zero-order valence-corrected chi connectivity index (χ0v) is 12.9. The molecule has 1 heterocycles. The van der Waals surface area contributed by atoms with Gasteiger partial charge in [0.15, 0.2) is 0 Å². The quantitative estimate of drug-likeness (QED) is 0.813. The number of aromatic nitrogens is 1. The normalized spacial score (nSPS) is 11.3. The van der Waals surface area contributed by atoms with Gasteiger partial charge in [0.05, 0.1) is 24.1 Å².